The van der Waals surface area contributed by atoms with E-state index >= 15 is 0 Å². The van der Waals surface area contributed by atoms with Crippen LogP contribution >= 0.6 is 104 Å². The Balaban J connectivity index is -0.0000000331. The molecular weight excluding hydrogens is 701 g/mol. The molecule has 0 amide bonds. The fourth-order valence-corrected chi connectivity index (χ4v) is 0. The van der Waals surface area contributed by atoms with Crippen molar-refractivity contribution in [2.75, 3.05) is 0 Å². The Bertz CT molecular complexity index is 343. The van der Waals surface area contributed by atoms with Gasteiger partial charge in [0.1, 0.15) is 18.2 Å². The zero-order valence-electron chi connectivity index (χ0n) is 10.9. The first-order valence-corrected chi connectivity index (χ1v) is 7.14. The second-order valence-corrected chi connectivity index (χ2v) is 8.67. The topological polar surface area (TPSA) is 123 Å². The maximum absolute atomic E-state index is 7.76. The van der Waals surface area contributed by atoms with E-state index in [0.29, 0.717) is 0 Å². The number of halogens is 9. The van der Waals surface area contributed by atoms with Crippen molar-refractivity contribution in [1.82, 2.24) is 0 Å². The Hall–Kier alpha value is 0.778. The molecule has 0 N–H and O–H groups in total. The van der Waals surface area contributed by atoms with Gasteiger partial charge >= 0.3 is 0 Å². The summed E-state index contributed by atoms with van der Waals surface area (Å²) in [4.78, 5) is 22.5. The van der Waals surface area contributed by atoms with Crippen molar-refractivity contribution in [3.8, 4) is 18.2 Å². The van der Waals surface area contributed by atoms with Crippen LogP contribution in [0.2, 0.25) is 0 Å². The third-order valence-electron chi connectivity index (χ3n) is 0.380. The second-order valence-electron chi connectivity index (χ2n) is 1.83. The van der Waals surface area contributed by atoms with E-state index in [1.54, 1.807) is 0 Å². The average Bonchev–Trinajstić information content (AvgIpc) is 2.52. The number of alkyl halides is 9. The van der Waals surface area contributed by atoms with Crippen LogP contribution in [0.3, 0.4) is 0 Å². The molecule has 0 heterocycles. The van der Waals surface area contributed by atoms with Crippen LogP contribution in [0.25, 0.3) is 0 Å². The zero-order valence-corrected chi connectivity index (χ0v) is 20.6. The molecule has 0 spiro atoms. The van der Waals surface area contributed by atoms with Crippen LogP contribution < -0.4 is 0 Å². The maximum Gasteiger partial charge on any atom is 0.281 e. The van der Waals surface area contributed by atoms with Crippen molar-refractivity contribution in [3.63, 3.8) is 0 Å². The summed E-state index contributed by atoms with van der Waals surface area (Å²) in [6.07, 6.45) is 0. The summed E-state index contributed by atoms with van der Waals surface area (Å²) in [7, 11) is 0. The van der Waals surface area contributed by atoms with E-state index in [0.717, 1.165) is 0 Å². The molecule has 0 rings (SSSR count). The van der Waals surface area contributed by atoms with Crippen molar-refractivity contribution in [1.29, 1.82) is 15.8 Å². The molecule has 0 atom stereocenters. The van der Waals surface area contributed by atoms with Gasteiger partial charge in [-0.1, -0.05) is 104 Å². The number of hydrogen-bond donors (Lipinski definition) is 0. The van der Waals surface area contributed by atoms with E-state index in [1.165, 1.54) is 18.2 Å². The molecule has 0 aliphatic rings. The zero-order chi connectivity index (χ0) is 21.6. The first-order valence-electron chi connectivity index (χ1n) is 3.73. The van der Waals surface area contributed by atoms with Gasteiger partial charge in [0.2, 0.25) is 0 Å². The fourth-order valence-electron chi connectivity index (χ4n) is 0. The van der Waals surface area contributed by atoms with Gasteiger partial charge in [0.25, 0.3) is 31.7 Å². The Morgan fingerprint density at radius 1 is 0.480 bits per heavy atom. The first kappa shape index (κ1) is 44.9. The largest absolute Gasteiger partial charge is 0.281 e. The predicted molar refractivity (Wildman–Crippen MR) is 94.8 cm³/mol. The molecule has 0 aliphatic carbocycles. The van der Waals surface area contributed by atoms with Crippen molar-refractivity contribution < 1.29 is 35.4 Å². The molecule has 0 bridgehead atoms. The van der Waals surface area contributed by atoms with Gasteiger partial charge in [-0.05, 0) is 0 Å². The molecule has 25 heavy (non-hydrogen) atoms. The summed E-state index contributed by atoms with van der Waals surface area (Å²) in [6.45, 7) is 13.5. The molecule has 6 radical (unpaired) electrons. The first-order chi connectivity index (χ1) is 10.7. The van der Waals surface area contributed by atoms with Crippen LogP contribution in [0, 0.1) is 34.0 Å². The van der Waals surface area contributed by atoms with Crippen LogP contribution in [0.15, 0.2) is 0 Å². The summed E-state index contributed by atoms with van der Waals surface area (Å²) < 4.78 is -5.21. The summed E-state index contributed by atoms with van der Waals surface area (Å²) in [6, 6.07) is 4.20. The van der Waals surface area contributed by atoms with Gasteiger partial charge in [-0.2, -0.15) is 15.8 Å². The van der Waals surface area contributed by atoms with Crippen molar-refractivity contribution in [2.45, 2.75) is 11.4 Å². The summed E-state index contributed by atoms with van der Waals surface area (Å²) in [5.74, 6) is 0. The Morgan fingerprint density at radius 2 is 0.520 bits per heavy atom. The molecule has 0 unspecified atom stereocenters. The number of carbonyl (C=O) groups excluding carboxylic acids is 3. The normalized spacial score (nSPS) is 7.92. The Labute approximate surface area is 203 Å². The van der Waals surface area contributed by atoms with Gasteiger partial charge in [-0.15, -0.1) is 0 Å². The molecule has 0 aromatic rings. The summed E-state index contributed by atoms with van der Waals surface area (Å²) >= 11 is 44.0. The van der Waals surface area contributed by atoms with Gasteiger partial charge in [0, 0.05) is 21.1 Å². The van der Waals surface area contributed by atoms with Crippen molar-refractivity contribution in [3.05, 3.63) is 0 Å². The Kier molecular flexibility index (Phi) is 53.0. The van der Waals surface area contributed by atoms with Crippen LogP contribution in [0.4, 0.5) is 0 Å². The van der Waals surface area contributed by atoms with Gasteiger partial charge in [0.15, 0.2) is 0 Å². The molecule has 0 saturated heterocycles. The molecule has 0 fully saturated rings. The molecule has 0 aromatic heterocycles. The minimum absolute atomic E-state index is 0. The number of hydrogen-bond acceptors (Lipinski definition) is 6. The van der Waals surface area contributed by atoms with E-state index in [4.69, 9.17) is 135 Å². The maximum atomic E-state index is 7.76. The number of nitriles is 3. The van der Waals surface area contributed by atoms with E-state index in [-0.39, 0.29) is 21.1 Å². The van der Waals surface area contributed by atoms with Crippen molar-refractivity contribution in [2.24, 2.45) is 0 Å². The molecule has 138 valence electrons. The third kappa shape index (κ3) is 134. The minimum Gasteiger partial charge on any atom is -0.281 e. The molecule has 0 aliphatic heterocycles. The molecule has 16 heteroatoms. The second kappa shape index (κ2) is 29.5. The van der Waals surface area contributed by atoms with Gasteiger partial charge in [-0.3, -0.25) is 14.4 Å². The van der Waals surface area contributed by atoms with E-state index in [1.807, 2.05) is 0 Å². The van der Waals surface area contributed by atoms with E-state index < -0.39 is 11.4 Å². The van der Waals surface area contributed by atoms with Crippen LogP contribution in [0.5, 0.6) is 0 Å². The van der Waals surface area contributed by atoms with E-state index in [9.17, 15) is 0 Å². The van der Waals surface area contributed by atoms with Crippen LogP contribution in [0.1, 0.15) is 0 Å². The SMILES string of the molecule is N#CC(Cl)(Cl)Cl.N#CC(Cl)(Cl)Cl.N#CC(Cl)(Cl)Cl.[C]=O.[C]=O.[C]=O.[W]. The fraction of sp³-hybridized carbons (Fsp3) is 0.333. The average molecular weight is 701 g/mol. The molecule has 0 saturated carbocycles. The van der Waals surface area contributed by atoms with Gasteiger partial charge < -0.3 is 0 Å². The van der Waals surface area contributed by atoms with Crippen LogP contribution in [-0.2, 0) is 35.4 Å². The van der Waals surface area contributed by atoms with Gasteiger partial charge in [-0.25, -0.2) is 0 Å². The van der Waals surface area contributed by atoms with Gasteiger partial charge in [0.05, 0.1) is 0 Å². The summed E-state index contributed by atoms with van der Waals surface area (Å²) in [5, 5.41) is 23.3. The molecule has 6 nitrogen and oxygen atoms in total. The Morgan fingerprint density at radius 3 is 0.520 bits per heavy atom. The number of rotatable bonds is 0. The standard InChI is InChI=1S/3C2Cl3N.3CO.W/c3*3-2(4,5)1-6;3*1-2;. The molecular formula is C9Cl9N3O3W. The predicted octanol–water partition coefficient (Wildman–Crippen LogP) is 4.45. The summed E-state index contributed by atoms with van der Waals surface area (Å²) in [5.41, 5.74) is 0. The monoisotopic (exact) mass is 697 g/mol. The smallest absolute Gasteiger partial charge is 0.281 e. The molecule has 0 aromatic carbocycles. The number of nitrogens with zero attached hydrogens (tertiary/aromatic N) is 3. The van der Waals surface area contributed by atoms with Crippen LogP contribution in [-0.4, -0.2) is 31.7 Å². The van der Waals surface area contributed by atoms with E-state index in [2.05, 4.69) is 20.4 Å². The quantitative estimate of drug-likeness (QED) is 0.345. The third-order valence-corrected chi connectivity index (χ3v) is 1.14. The minimum atomic E-state index is -1.74. The van der Waals surface area contributed by atoms with Crippen molar-refractivity contribution >= 4 is 125 Å².